The first-order valence-corrected chi connectivity index (χ1v) is 7.72. The Kier molecular flexibility index (Phi) is 5.71. The van der Waals surface area contributed by atoms with E-state index in [2.05, 4.69) is 43.4 Å². The molecule has 0 unspecified atom stereocenters. The van der Waals surface area contributed by atoms with E-state index in [1.165, 1.54) is 37.7 Å². The maximum Gasteiger partial charge on any atom is 0.119 e. The van der Waals surface area contributed by atoms with Crippen molar-refractivity contribution in [2.75, 3.05) is 13.2 Å². The summed E-state index contributed by atoms with van der Waals surface area (Å²) in [7, 11) is 0. The van der Waals surface area contributed by atoms with Gasteiger partial charge in [0, 0.05) is 12.6 Å². The SMILES string of the molecule is CC(C)c1ccc(OCCNC2CCCCC2)cc1. The molecule has 0 radical (unpaired) electrons. The molecule has 1 N–H and O–H groups in total. The topological polar surface area (TPSA) is 21.3 Å². The van der Waals surface area contributed by atoms with Crippen molar-refractivity contribution in [2.45, 2.75) is 57.9 Å². The fourth-order valence-corrected chi connectivity index (χ4v) is 2.69. The Morgan fingerprint density at radius 1 is 1.11 bits per heavy atom. The van der Waals surface area contributed by atoms with Crippen molar-refractivity contribution in [1.82, 2.24) is 5.32 Å². The summed E-state index contributed by atoms with van der Waals surface area (Å²) >= 11 is 0. The third kappa shape index (κ3) is 4.87. The van der Waals surface area contributed by atoms with Crippen LogP contribution in [0.1, 0.15) is 57.4 Å². The Morgan fingerprint density at radius 3 is 2.42 bits per heavy atom. The zero-order chi connectivity index (χ0) is 13.5. The van der Waals surface area contributed by atoms with E-state index in [1.54, 1.807) is 0 Å². The lowest BCUT2D eigenvalue weighted by molar-refractivity contribution is 0.289. The summed E-state index contributed by atoms with van der Waals surface area (Å²) in [5.74, 6) is 1.57. The number of hydrogen-bond donors (Lipinski definition) is 1. The van der Waals surface area contributed by atoms with Crippen molar-refractivity contribution in [3.8, 4) is 5.75 Å². The Balaban J connectivity index is 1.64. The molecule has 0 bridgehead atoms. The zero-order valence-corrected chi connectivity index (χ0v) is 12.3. The standard InChI is InChI=1S/C17H27NO/c1-14(2)15-8-10-17(11-9-15)19-13-12-18-16-6-4-3-5-7-16/h8-11,14,16,18H,3-7,12-13H2,1-2H3. The molecule has 2 rings (SSSR count). The second-order valence-electron chi connectivity index (χ2n) is 5.86. The molecule has 1 aliphatic rings. The molecule has 0 atom stereocenters. The van der Waals surface area contributed by atoms with Crippen LogP contribution >= 0.6 is 0 Å². The first-order chi connectivity index (χ1) is 9.25. The lowest BCUT2D eigenvalue weighted by atomic mass is 9.96. The summed E-state index contributed by atoms with van der Waals surface area (Å²) < 4.78 is 5.77. The summed E-state index contributed by atoms with van der Waals surface area (Å²) in [6.07, 6.45) is 6.85. The largest absolute Gasteiger partial charge is 0.492 e. The predicted molar refractivity (Wildman–Crippen MR) is 80.9 cm³/mol. The van der Waals surface area contributed by atoms with Crippen molar-refractivity contribution < 1.29 is 4.74 Å². The fourth-order valence-electron chi connectivity index (χ4n) is 2.69. The highest BCUT2D eigenvalue weighted by molar-refractivity contribution is 5.28. The van der Waals surface area contributed by atoms with Gasteiger partial charge >= 0.3 is 0 Å². The van der Waals surface area contributed by atoms with E-state index in [1.807, 2.05) is 0 Å². The van der Waals surface area contributed by atoms with Gasteiger partial charge in [-0.3, -0.25) is 0 Å². The van der Waals surface area contributed by atoms with Crippen LogP contribution in [0.2, 0.25) is 0 Å². The summed E-state index contributed by atoms with van der Waals surface area (Å²) in [4.78, 5) is 0. The maximum absolute atomic E-state index is 5.77. The van der Waals surface area contributed by atoms with Crippen LogP contribution in [0.4, 0.5) is 0 Å². The Bertz CT molecular complexity index is 352. The highest BCUT2D eigenvalue weighted by Crippen LogP contribution is 2.19. The summed E-state index contributed by atoms with van der Waals surface area (Å²) in [6.45, 7) is 6.14. The molecule has 1 aliphatic carbocycles. The molecule has 2 nitrogen and oxygen atoms in total. The van der Waals surface area contributed by atoms with Crippen molar-refractivity contribution in [3.05, 3.63) is 29.8 Å². The lowest BCUT2D eigenvalue weighted by Gasteiger charge is -2.22. The third-order valence-corrected chi connectivity index (χ3v) is 3.96. The predicted octanol–water partition coefficient (Wildman–Crippen LogP) is 4.11. The number of rotatable bonds is 6. The van der Waals surface area contributed by atoms with Crippen LogP contribution in [0.25, 0.3) is 0 Å². The van der Waals surface area contributed by atoms with Crippen LogP contribution in [0, 0.1) is 0 Å². The Labute approximate surface area is 117 Å². The minimum absolute atomic E-state index is 0.585. The van der Waals surface area contributed by atoms with Gasteiger partial charge in [0.1, 0.15) is 12.4 Å². The Hall–Kier alpha value is -1.02. The van der Waals surface area contributed by atoms with E-state index in [0.717, 1.165) is 24.9 Å². The molecular weight excluding hydrogens is 234 g/mol. The molecule has 0 heterocycles. The van der Waals surface area contributed by atoms with Gasteiger partial charge in [-0.15, -0.1) is 0 Å². The molecule has 2 heteroatoms. The van der Waals surface area contributed by atoms with Gasteiger partial charge in [-0.05, 0) is 36.5 Å². The van der Waals surface area contributed by atoms with Gasteiger partial charge < -0.3 is 10.1 Å². The quantitative estimate of drug-likeness (QED) is 0.778. The van der Waals surface area contributed by atoms with E-state index < -0.39 is 0 Å². The number of hydrogen-bond acceptors (Lipinski definition) is 2. The summed E-state index contributed by atoms with van der Waals surface area (Å²) in [6, 6.07) is 9.20. The molecule has 1 aromatic rings. The van der Waals surface area contributed by atoms with E-state index in [4.69, 9.17) is 4.74 Å². The van der Waals surface area contributed by atoms with Gasteiger partial charge in [-0.25, -0.2) is 0 Å². The molecule has 106 valence electrons. The van der Waals surface area contributed by atoms with Crippen LogP contribution in [0.3, 0.4) is 0 Å². The van der Waals surface area contributed by atoms with Crippen LogP contribution in [-0.4, -0.2) is 19.2 Å². The van der Waals surface area contributed by atoms with Gasteiger partial charge in [0.15, 0.2) is 0 Å². The number of benzene rings is 1. The molecule has 0 aromatic heterocycles. The van der Waals surface area contributed by atoms with Gasteiger partial charge in [-0.1, -0.05) is 45.2 Å². The smallest absolute Gasteiger partial charge is 0.119 e. The first-order valence-electron chi connectivity index (χ1n) is 7.72. The molecule has 0 aliphatic heterocycles. The molecule has 1 aromatic carbocycles. The van der Waals surface area contributed by atoms with Gasteiger partial charge in [0.2, 0.25) is 0 Å². The highest BCUT2D eigenvalue weighted by Gasteiger charge is 2.11. The Morgan fingerprint density at radius 2 is 1.79 bits per heavy atom. The van der Waals surface area contributed by atoms with Crippen LogP contribution in [0.15, 0.2) is 24.3 Å². The average Bonchev–Trinajstić information content (AvgIpc) is 2.45. The second kappa shape index (κ2) is 7.54. The monoisotopic (exact) mass is 261 g/mol. The van der Waals surface area contributed by atoms with Gasteiger partial charge in [0.25, 0.3) is 0 Å². The maximum atomic E-state index is 5.77. The normalized spacial score (nSPS) is 16.8. The van der Waals surface area contributed by atoms with Crippen molar-refractivity contribution in [3.63, 3.8) is 0 Å². The molecule has 0 spiro atoms. The second-order valence-corrected chi connectivity index (χ2v) is 5.86. The fraction of sp³-hybridized carbons (Fsp3) is 0.647. The van der Waals surface area contributed by atoms with Crippen molar-refractivity contribution in [2.24, 2.45) is 0 Å². The zero-order valence-electron chi connectivity index (χ0n) is 12.3. The van der Waals surface area contributed by atoms with E-state index >= 15 is 0 Å². The first kappa shape index (κ1) is 14.4. The van der Waals surface area contributed by atoms with E-state index in [0.29, 0.717) is 5.92 Å². The molecule has 0 amide bonds. The molecule has 19 heavy (non-hydrogen) atoms. The third-order valence-electron chi connectivity index (χ3n) is 3.96. The molecular formula is C17H27NO. The van der Waals surface area contributed by atoms with Crippen molar-refractivity contribution in [1.29, 1.82) is 0 Å². The molecule has 0 saturated heterocycles. The summed E-state index contributed by atoms with van der Waals surface area (Å²) in [5.41, 5.74) is 1.37. The van der Waals surface area contributed by atoms with E-state index in [-0.39, 0.29) is 0 Å². The number of nitrogens with one attached hydrogen (secondary N) is 1. The van der Waals surface area contributed by atoms with Gasteiger partial charge in [0.05, 0.1) is 0 Å². The lowest BCUT2D eigenvalue weighted by Crippen LogP contribution is -2.34. The van der Waals surface area contributed by atoms with Crippen molar-refractivity contribution >= 4 is 0 Å². The highest BCUT2D eigenvalue weighted by atomic mass is 16.5. The average molecular weight is 261 g/mol. The molecule has 1 fully saturated rings. The number of ether oxygens (including phenoxy) is 1. The van der Waals surface area contributed by atoms with Crippen LogP contribution in [0.5, 0.6) is 5.75 Å². The summed E-state index contributed by atoms with van der Waals surface area (Å²) in [5, 5.41) is 3.60. The van der Waals surface area contributed by atoms with Gasteiger partial charge in [-0.2, -0.15) is 0 Å². The minimum Gasteiger partial charge on any atom is -0.492 e. The molecule has 1 saturated carbocycles. The van der Waals surface area contributed by atoms with Crippen LogP contribution < -0.4 is 10.1 Å². The van der Waals surface area contributed by atoms with E-state index in [9.17, 15) is 0 Å². The minimum atomic E-state index is 0.585. The van der Waals surface area contributed by atoms with Crippen LogP contribution in [-0.2, 0) is 0 Å².